The molecule has 0 fully saturated rings. The predicted octanol–water partition coefficient (Wildman–Crippen LogP) is 4.89. The summed E-state index contributed by atoms with van der Waals surface area (Å²) in [6.45, 7) is 13.2. The molecule has 0 N–H and O–H groups in total. The fourth-order valence-electron chi connectivity index (χ4n) is 1.25. The van der Waals surface area contributed by atoms with Crippen LogP contribution >= 0.6 is 0 Å². The van der Waals surface area contributed by atoms with Gasteiger partial charge in [0.05, 0.1) is 0 Å². The minimum Gasteiger partial charge on any atom is -0.0683 e. The van der Waals surface area contributed by atoms with Crippen LogP contribution in [-0.2, 0) is 0 Å². The van der Waals surface area contributed by atoms with Crippen molar-refractivity contribution in [2.75, 3.05) is 0 Å². The van der Waals surface area contributed by atoms with Crippen LogP contribution in [0.3, 0.4) is 0 Å². The average Bonchev–Trinajstić information content (AvgIpc) is 2.05. The fraction of sp³-hybridized carbons (Fsp3) is 1.00. The van der Waals surface area contributed by atoms with Crippen LogP contribution < -0.4 is 0 Å². The van der Waals surface area contributed by atoms with Gasteiger partial charge in [0, 0.05) is 0 Å². The van der Waals surface area contributed by atoms with Gasteiger partial charge >= 0.3 is 0 Å². The van der Waals surface area contributed by atoms with E-state index >= 15 is 0 Å². The van der Waals surface area contributed by atoms with Gasteiger partial charge in [-0.1, -0.05) is 67.2 Å². The largest absolute Gasteiger partial charge is 0.0683 e. The first kappa shape index (κ1) is 14.5. The van der Waals surface area contributed by atoms with Crippen molar-refractivity contribution >= 4 is 0 Å². The Bertz CT molecular complexity index is 64.4. The van der Waals surface area contributed by atoms with E-state index in [0.717, 1.165) is 11.8 Å². The first-order valence-electron chi connectivity index (χ1n) is 5.66. The summed E-state index contributed by atoms with van der Waals surface area (Å²) in [5, 5.41) is 0. The molecule has 0 spiro atoms. The molecule has 0 aromatic heterocycles. The highest BCUT2D eigenvalue weighted by Gasteiger charge is 2.01. The van der Waals surface area contributed by atoms with Gasteiger partial charge in [-0.3, -0.25) is 0 Å². The first-order chi connectivity index (χ1) is 5.66. The Hall–Kier alpha value is 0. The van der Waals surface area contributed by atoms with E-state index in [1.165, 1.54) is 25.7 Å². The third-order valence-corrected chi connectivity index (χ3v) is 2.02. The van der Waals surface area contributed by atoms with E-state index < -0.39 is 0 Å². The molecule has 0 aromatic carbocycles. The molecule has 76 valence electrons. The Balaban J connectivity index is 0. The van der Waals surface area contributed by atoms with Gasteiger partial charge in [0.15, 0.2) is 0 Å². The zero-order chi connectivity index (χ0) is 9.98. The molecular weight excluding hydrogens is 144 g/mol. The molecule has 0 nitrogen and oxygen atoms in total. The lowest BCUT2D eigenvalue weighted by Gasteiger charge is -2.10. The molecule has 1 atom stereocenters. The van der Waals surface area contributed by atoms with Crippen LogP contribution in [0.15, 0.2) is 0 Å². The highest BCUT2D eigenvalue weighted by molar-refractivity contribution is 4.54. The lowest BCUT2D eigenvalue weighted by molar-refractivity contribution is 0.425. The van der Waals surface area contributed by atoms with Crippen LogP contribution in [0.25, 0.3) is 0 Å². The van der Waals surface area contributed by atoms with Gasteiger partial charge < -0.3 is 0 Å². The molecule has 0 saturated carbocycles. The molecule has 0 amide bonds. The van der Waals surface area contributed by atoms with Gasteiger partial charge in [0.1, 0.15) is 0 Å². The monoisotopic (exact) mass is 172 g/mol. The first-order valence-corrected chi connectivity index (χ1v) is 5.66. The van der Waals surface area contributed by atoms with Crippen molar-refractivity contribution < 1.29 is 0 Å². The van der Waals surface area contributed by atoms with Crippen molar-refractivity contribution in [3.8, 4) is 0 Å². The molecule has 0 bridgehead atoms. The number of hydrogen-bond donors (Lipinski definition) is 0. The lowest BCUT2D eigenvalue weighted by atomic mass is 9.96. The molecule has 0 aliphatic heterocycles. The van der Waals surface area contributed by atoms with E-state index in [-0.39, 0.29) is 0 Å². The Morgan fingerprint density at radius 1 is 0.833 bits per heavy atom. The summed E-state index contributed by atoms with van der Waals surface area (Å²) < 4.78 is 0. The third kappa shape index (κ3) is 12.7. The molecule has 0 aliphatic carbocycles. The summed E-state index contributed by atoms with van der Waals surface area (Å²) in [5.74, 6) is 1.84. The summed E-state index contributed by atoms with van der Waals surface area (Å²) in [6, 6.07) is 0. The van der Waals surface area contributed by atoms with Crippen LogP contribution in [0.5, 0.6) is 0 Å². The van der Waals surface area contributed by atoms with Crippen molar-refractivity contribution in [1.29, 1.82) is 0 Å². The van der Waals surface area contributed by atoms with Gasteiger partial charge in [-0.15, -0.1) is 0 Å². The highest BCUT2D eigenvalue weighted by Crippen LogP contribution is 2.15. The topological polar surface area (TPSA) is 0 Å². The quantitative estimate of drug-likeness (QED) is 0.554. The molecule has 12 heavy (non-hydrogen) atoms. The van der Waals surface area contributed by atoms with E-state index in [2.05, 4.69) is 27.7 Å². The maximum absolute atomic E-state index is 2.37. The van der Waals surface area contributed by atoms with Crippen LogP contribution in [0, 0.1) is 11.8 Å². The number of hydrogen-bond acceptors (Lipinski definition) is 0. The van der Waals surface area contributed by atoms with Crippen molar-refractivity contribution in [3.63, 3.8) is 0 Å². The number of rotatable bonds is 5. The standard InChI is InChI=1S/C10H22.C2H6/c1-5-6-10(4)8-7-9(2)3;1-2/h9-10H,5-8H2,1-4H3;1-2H3. The Labute approximate surface area is 79.8 Å². The van der Waals surface area contributed by atoms with Crippen LogP contribution in [0.2, 0.25) is 0 Å². The smallest absolute Gasteiger partial charge is 0.0443 e. The van der Waals surface area contributed by atoms with Crippen LogP contribution in [-0.4, -0.2) is 0 Å². The van der Waals surface area contributed by atoms with Crippen molar-refractivity contribution in [2.24, 2.45) is 11.8 Å². The molecule has 0 saturated heterocycles. The minimum absolute atomic E-state index is 0.888. The van der Waals surface area contributed by atoms with E-state index in [9.17, 15) is 0 Å². The predicted molar refractivity (Wildman–Crippen MR) is 59.5 cm³/mol. The highest BCUT2D eigenvalue weighted by atomic mass is 14.1. The summed E-state index contributed by atoms with van der Waals surface area (Å²) in [5.41, 5.74) is 0. The van der Waals surface area contributed by atoms with Gasteiger partial charge in [-0.25, -0.2) is 0 Å². The van der Waals surface area contributed by atoms with Gasteiger partial charge in [-0.05, 0) is 11.8 Å². The second kappa shape index (κ2) is 11.0. The van der Waals surface area contributed by atoms with Crippen molar-refractivity contribution in [3.05, 3.63) is 0 Å². The summed E-state index contributed by atoms with van der Waals surface area (Å²) in [7, 11) is 0. The Kier molecular flexibility index (Phi) is 13.3. The molecule has 0 rings (SSSR count). The van der Waals surface area contributed by atoms with E-state index in [4.69, 9.17) is 0 Å². The Morgan fingerprint density at radius 3 is 1.67 bits per heavy atom. The summed E-state index contributed by atoms with van der Waals surface area (Å²) in [6.07, 6.45) is 5.58. The maximum Gasteiger partial charge on any atom is -0.0443 e. The van der Waals surface area contributed by atoms with Crippen LogP contribution in [0.1, 0.15) is 67.2 Å². The van der Waals surface area contributed by atoms with E-state index in [1.807, 2.05) is 13.8 Å². The van der Waals surface area contributed by atoms with Crippen LogP contribution in [0.4, 0.5) is 0 Å². The van der Waals surface area contributed by atoms with Gasteiger partial charge in [0.2, 0.25) is 0 Å². The maximum atomic E-state index is 2.37. The van der Waals surface area contributed by atoms with E-state index in [0.29, 0.717) is 0 Å². The zero-order valence-electron chi connectivity index (χ0n) is 9.98. The molecule has 0 heterocycles. The third-order valence-electron chi connectivity index (χ3n) is 2.02. The molecule has 0 heteroatoms. The van der Waals surface area contributed by atoms with Crippen molar-refractivity contribution in [2.45, 2.75) is 67.2 Å². The zero-order valence-corrected chi connectivity index (χ0v) is 9.98. The van der Waals surface area contributed by atoms with E-state index in [1.54, 1.807) is 0 Å². The SMILES string of the molecule is CC.CCCC(C)CCC(C)C. The molecular formula is C12H28. The second-order valence-electron chi connectivity index (χ2n) is 3.87. The Morgan fingerprint density at radius 2 is 1.33 bits per heavy atom. The van der Waals surface area contributed by atoms with Gasteiger partial charge in [-0.2, -0.15) is 0 Å². The molecule has 1 unspecified atom stereocenters. The lowest BCUT2D eigenvalue weighted by Crippen LogP contribution is -1.96. The minimum atomic E-state index is 0.888. The molecule has 0 aliphatic rings. The second-order valence-corrected chi connectivity index (χ2v) is 3.87. The summed E-state index contributed by atoms with van der Waals surface area (Å²) >= 11 is 0. The fourth-order valence-corrected chi connectivity index (χ4v) is 1.25. The van der Waals surface area contributed by atoms with Gasteiger partial charge in [0.25, 0.3) is 0 Å². The average molecular weight is 172 g/mol. The van der Waals surface area contributed by atoms with Crippen molar-refractivity contribution in [1.82, 2.24) is 0 Å². The molecule has 0 radical (unpaired) electrons. The molecule has 0 aromatic rings. The summed E-state index contributed by atoms with van der Waals surface area (Å²) in [4.78, 5) is 0. The normalized spacial score (nSPS) is 12.2.